The first kappa shape index (κ1) is 23.1. The van der Waals surface area contributed by atoms with Crippen LogP contribution >= 0.6 is 0 Å². The Morgan fingerprint density at radius 3 is 2.52 bits per heavy atom. The SMILES string of the molecule is CCCCOc1cc(C2CCCN2C)c(C(F)(F)F)c(C)c1C(=O)Oc1ccccc1. The van der Waals surface area contributed by atoms with Gasteiger partial charge in [0.15, 0.2) is 0 Å². The largest absolute Gasteiger partial charge is 0.493 e. The van der Waals surface area contributed by atoms with Crippen molar-refractivity contribution in [2.75, 3.05) is 20.2 Å². The molecule has 2 aromatic rings. The number of hydrogen-bond acceptors (Lipinski definition) is 4. The molecule has 1 saturated heterocycles. The van der Waals surface area contributed by atoms with Gasteiger partial charge in [0.2, 0.25) is 0 Å². The lowest BCUT2D eigenvalue weighted by Crippen LogP contribution is -2.24. The highest BCUT2D eigenvalue weighted by atomic mass is 19.4. The number of likely N-dealkylation sites (tertiary alicyclic amines) is 1. The van der Waals surface area contributed by atoms with Crippen molar-refractivity contribution in [2.24, 2.45) is 0 Å². The normalized spacial score (nSPS) is 17.0. The molecule has 1 fully saturated rings. The van der Waals surface area contributed by atoms with Crippen LogP contribution in [0.3, 0.4) is 0 Å². The predicted octanol–water partition coefficient (Wildman–Crippen LogP) is 6.18. The second-order valence-electron chi connectivity index (χ2n) is 7.88. The lowest BCUT2D eigenvalue weighted by Gasteiger charge is -2.27. The second-order valence-corrected chi connectivity index (χ2v) is 7.88. The Labute approximate surface area is 181 Å². The van der Waals surface area contributed by atoms with Gasteiger partial charge in [-0.05, 0) is 69.1 Å². The summed E-state index contributed by atoms with van der Waals surface area (Å²) in [6.45, 7) is 4.36. The molecular weight excluding hydrogens is 407 g/mol. The molecule has 1 aliphatic rings. The number of esters is 1. The van der Waals surface area contributed by atoms with Gasteiger partial charge < -0.3 is 9.47 Å². The number of hydrogen-bond donors (Lipinski definition) is 0. The smallest absolute Gasteiger partial charge is 0.417 e. The van der Waals surface area contributed by atoms with Crippen molar-refractivity contribution >= 4 is 5.97 Å². The lowest BCUT2D eigenvalue weighted by molar-refractivity contribution is -0.139. The van der Waals surface area contributed by atoms with Gasteiger partial charge in [0, 0.05) is 6.04 Å². The number of nitrogens with zero attached hydrogens (tertiary/aromatic N) is 1. The summed E-state index contributed by atoms with van der Waals surface area (Å²) >= 11 is 0. The third-order valence-electron chi connectivity index (χ3n) is 5.65. The third kappa shape index (κ3) is 5.21. The Bertz CT molecular complexity index is 913. The summed E-state index contributed by atoms with van der Waals surface area (Å²) in [5, 5.41) is 0. The van der Waals surface area contributed by atoms with E-state index >= 15 is 0 Å². The van der Waals surface area contributed by atoms with Crippen LogP contribution in [0.25, 0.3) is 0 Å². The maximum Gasteiger partial charge on any atom is 0.417 e. The lowest BCUT2D eigenvalue weighted by atomic mass is 9.90. The molecule has 0 radical (unpaired) electrons. The van der Waals surface area contributed by atoms with E-state index in [2.05, 4.69) is 0 Å². The first-order valence-corrected chi connectivity index (χ1v) is 10.6. The van der Waals surface area contributed by atoms with Crippen LogP contribution < -0.4 is 9.47 Å². The quantitative estimate of drug-likeness (QED) is 0.296. The number of carbonyl (C=O) groups is 1. The zero-order valence-electron chi connectivity index (χ0n) is 18.1. The zero-order valence-corrected chi connectivity index (χ0v) is 18.1. The molecule has 1 heterocycles. The number of alkyl halides is 3. The zero-order chi connectivity index (χ0) is 22.6. The van der Waals surface area contributed by atoms with Gasteiger partial charge in [-0.3, -0.25) is 4.90 Å². The maximum absolute atomic E-state index is 14.2. The van der Waals surface area contributed by atoms with Crippen molar-refractivity contribution < 1.29 is 27.4 Å². The van der Waals surface area contributed by atoms with Crippen LogP contribution in [0.1, 0.15) is 65.7 Å². The van der Waals surface area contributed by atoms with E-state index in [1.54, 1.807) is 30.3 Å². The monoisotopic (exact) mass is 435 g/mol. The first-order valence-electron chi connectivity index (χ1n) is 10.6. The molecule has 0 bridgehead atoms. The molecule has 0 aliphatic carbocycles. The molecule has 2 aromatic carbocycles. The summed E-state index contributed by atoms with van der Waals surface area (Å²) in [4.78, 5) is 14.9. The van der Waals surface area contributed by atoms with Gasteiger partial charge >= 0.3 is 12.1 Å². The van der Waals surface area contributed by atoms with Gasteiger partial charge in [-0.2, -0.15) is 13.2 Å². The maximum atomic E-state index is 14.2. The second kappa shape index (κ2) is 9.73. The van der Waals surface area contributed by atoms with Crippen LogP contribution in [0.2, 0.25) is 0 Å². The molecule has 4 nitrogen and oxygen atoms in total. The molecule has 0 amide bonds. The molecule has 0 spiro atoms. The van der Waals surface area contributed by atoms with Crippen molar-refractivity contribution in [1.82, 2.24) is 4.90 Å². The van der Waals surface area contributed by atoms with E-state index in [4.69, 9.17) is 9.47 Å². The summed E-state index contributed by atoms with van der Waals surface area (Å²) in [6, 6.07) is 9.33. The highest BCUT2D eigenvalue weighted by Gasteiger charge is 2.41. The van der Waals surface area contributed by atoms with E-state index in [1.165, 1.54) is 13.0 Å². The first-order chi connectivity index (χ1) is 14.7. The molecule has 168 valence electrons. The molecule has 0 saturated carbocycles. The Morgan fingerprint density at radius 2 is 1.94 bits per heavy atom. The topological polar surface area (TPSA) is 38.8 Å². The number of halogens is 3. The minimum atomic E-state index is -4.60. The third-order valence-corrected chi connectivity index (χ3v) is 5.65. The Balaban J connectivity index is 2.13. The van der Waals surface area contributed by atoms with Crippen LogP contribution in [-0.4, -0.2) is 31.1 Å². The molecule has 0 N–H and O–H groups in total. The van der Waals surface area contributed by atoms with Crippen molar-refractivity contribution in [3.63, 3.8) is 0 Å². The van der Waals surface area contributed by atoms with Gasteiger partial charge in [-0.25, -0.2) is 4.79 Å². The van der Waals surface area contributed by atoms with Crippen LogP contribution in [0.5, 0.6) is 11.5 Å². The number of benzene rings is 2. The van der Waals surface area contributed by atoms with Gasteiger partial charge in [0.1, 0.15) is 17.1 Å². The predicted molar refractivity (Wildman–Crippen MR) is 113 cm³/mol. The average molecular weight is 435 g/mol. The van der Waals surface area contributed by atoms with Crippen LogP contribution in [-0.2, 0) is 6.18 Å². The van der Waals surface area contributed by atoms with Crippen LogP contribution in [0.15, 0.2) is 36.4 Å². The number of ether oxygens (including phenoxy) is 2. The van der Waals surface area contributed by atoms with E-state index in [0.29, 0.717) is 13.0 Å². The van der Waals surface area contributed by atoms with Gasteiger partial charge in [-0.1, -0.05) is 31.5 Å². The fourth-order valence-corrected chi connectivity index (χ4v) is 4.09. The molecule has 7 heteroatoms. The molecule has 0 aromatic heterocycles. The summed E-state index contributed by atoms with van der Waals surface area (Å²) < 4.78 is 53.8. The molecular formula is C24H28F3NO3. The molecule has 1 atom stereocenters. The summed E-state index contributed by atoms with van der Waals surface area (Å²) in [7, 11) is 1.82. The summed E-state index contributed by atoms with van der Waals surface area (Å²) in [5.74, 6) is -0.443. The van der Waals surface area contributed by atoms with Gasteiger partial charge in [0.05, 0.1) is 12.2 Å². The van der Waals surface area contributed by atoms with E-state index in [-0.39, 0.29) is 34.2 Å². The Kier molecular flexibility index (Phi) is 7.26. The summed E-state index contributed by atoms with van der Waals surface area (Å²) in [5.41, 5.74) is -0.934. The van der Waals surface area contributed by atoms with Crippen molar-refractivity contribution in [3.8, 4) is 11.5 Å². The van der Waals surface area contributed by atoms with Crippen LogP contribution in [0.4, 0.5) is 13.2 Å². The van der Waals surface area contributed by atoms with E-state index < -0.39 is 17.7 Å². The molecule has 31 heavy (non-hydrogen) atoms. The minimum Gasteiger partial charge on any atom is -0.493 e. The van der Waals surface area contributed by atoms with Crippen molar-refractivity contribution in [2.45, 2.75) is 51.7 Å². The number of unbranched alkanes of at least 4 members (excludes halogenated alkanes) is 1. The Morgan fingerprint density at radius 1 is 1.23 bits per heavy atom. The minimum absolute atomic E-state index is 0.148. The van der Waals surface area contributed by atoms with Crippen molar-refractivity contribution in [3.05, 3.63) is 58.7 Å². The number of para-hydroxylation sites is 1. The average Bonchev–Trinajstić information content (AvgIpc) is 3.13. The number of carbonyl (C=O) groups excluding carboxylic acids is 1. The molecule has 1 aliphatic heterocycles. The van der Waals surface area contributed by atoms with E-state index in [0.717, 1.165) is 25.8 Å². The molecule has 1 unspecified atom stereocenters. The van der Waals surface area contributed by atoms with E-state index in [1.807, 2.05) is 18.9 Å². The van der Waals surface area contributed by atoms with Crippen molar-refractivity contribution in [1.29, 1.82) is 0 Å². The van der Waals surface area contributed by atoms with Gasteiger partial charge in [-0.15, -0.1) is 0 Å². The fourth-order valence-electron chi connectivity index (χ4n) is 4.09. The fraction of sp³-hybridized carbons (Fsp3) is 0.458. The highest BCUT2D eigenvalue weighted by molar-refractivity contribution is 5.96. The van der Waals surface area contributed by atoms with Gasteiger partial charge in [0.25, 0.3) is 0 Å². The number of rotatable bonds is 7. The summed E-state index contributed by atoms with van der Waals surface area (Å²) in [6.07, 6.45) is -1.57. The highest BCUT2D eigenvalue weighted by Crippen LogP contribution is 2.45. The molecule has 3 rings (SSSR count). The van der Waals surface area contributed by atoms with E-state index in [9.17, 15) is 18.0 Å². The van der Waals surface area contributed by atoms with Crippen LogP contribution in [0, 0.1) is 6.92 Å². The standard InChI is InChI=1S/C24H28F3NO3/c1-4-5-14-30-20-15-18(19-12-9-13-28(19)3)22(24(25,26)27)16(2)21(20)23(29)31-17-10-7-6-8-11-17/h6-8,10-11,15,19H,4-5,9,12-14H2,1-3H3. The Hall–Kier alpha value is -2.54.